The Labute approximate surface area is 194 Å². The standard InChI is InChI=1S/C25H29Cl2NO3/c1-15-12-17(26)14-21(27)18(15)9-10-22(29)19-8-7-16(13-23(30)31-25(2,3)4)24-20(19)6-5-11-28-24/h5-6,11-12,14,16,19H,7-10,13H2,1-4H3. The molecule has 0 radical (unpaired) electrons. The fourth-order valence-electron chi connectivity index (χ4n) is 4.31. The molecule has 1 aromatic carbocycles. The van der Waals surface area contributed by atoms with E-state index in [4.69, 9.17) is 27.9 Å². The summed E-state index contributed by atoms with van der Waals surface area (Å²) in [5.74, 6) is -0.282. The van der Waals surface area contributed by atoms with E-state index in [1.165, 1.54) is 0 Å². The number of benzene rings is 1. The van der Waals surface area contributed by atoms with Crippen LogP contribution in [0.1, 0.15) is 80.7 Å². The lowest BCUT2D eigenvalue weighted by molar-refractivity contribution is -0.155. The molecular formula is C25H29Cl2NO3. The van der Waals surface area contributed by atoms with Gasteiger partial charge in [0.15, 0.2) is 0 Å². The Morgan fingerprint density at radius 3 is 2.61 bits per heavy atom. The van der Waals surface area contributed by atoms with Gasteiger partial charge in [-0.15, -0.1) is 0 Å². The summed E-state index contributed by atoms with van der Waals surface area (Å²) in [7, 11) is 0. The quantitative estimate of drug-likeness (QED) is 0.455. The average molecular weight is 462 g/mol. The zero-order valence-electron chi connectivity index (χ0n) is 18.5. The number of Topliss-reactive ketones (excluding diaryl/α,β-unsaturated/α-hetero) is 1. The molecule has 2 aromatic rings. The number of ether oxygens (including phenoxy) is 1. The number of esters is 1. The lowest BCUT2D eigenvalue weighted by Gasteiger charge is -2.30. The van der Waals surface area contributed by atoms with Gasteiger partial charge >= 0.3 is 5.97 Å². The summed E-state index contributed by atoms with van der Waals surface area (Å²) in [5, 5.41) is 1.20. The molecule has 166 valence electrons. The van der Waals surface area contributed by atoms with Crippen LogP contribution >= 0.6 is 23.2 Å². The van der Waals surface area contributed by atoms with Crippen molar-refractivity contribution >= 4 is 35.0 Å². The lowest BCUT2D eigenvalue weighted by Crippen LogP contribution is -2.27. The first-order valence-corrected chi connectivity index (χ1v) is 11.4. The van der Waals surface area contributed by atoms with Crippen molar-refractivity contribution in [1.82, 2.24) is 4.98 Å². The van der Waals surface area contributed by atoms with E-state index in [0.717, 1.165) is 28.8 Å². The van der Waals surface area contributed by atoms with Crippen LogP contribution < -0.4 is 0 Å². The zero-order valence-corrected chi connectivity index (χ0v) is 20.0. The number of carbonyl (C=O) groups is 2. The van der Waals surface area contributed by atoms with Crippen molar-refractivity contribution in [2.24, 2.45) is 0 Å². The molecule has 1 aliphatic rings. The fraction of sp³-hybridized carbons (Fsp3) is 0.480. The molecule has 0 aliphatic heterocycles. The van der Waals surface area contributed by atoms with Gasteiger partial charge in [0.1, 0.15) is 11.4 Å². The van der Waals surface area contributed by atoms with Gasteiger partial charge in [-0.25, -0.2) is 0 Å². The molecule has 2 unspecified atom stereocenters. The van der Waals surface area contributed by atoms with Crippen molar-refractivity contribution in [3.63, 3.8) is 0 Å². The topological polar surface area (TPSA) is 56.3 Å². The molecule has 1 heterocycles. The van der Waals surface area contributed by atoms with Gasteiger partial charge in [0.05, 0.1) is 6.42 Å². The largest absolute Gasteiger partial charge is 0.460 e. The highest BCUT2D eigenvalue weighted by atomic mass is 35.5. The minimum Gasteiger partial charge on any atom is -0.460 e. The molecule has 0 amide bonds. The van der Waals surface area contributed by atoms with E-state index in [9.17, 15) is 9.59 Å². The molecule has 31 heavy (non-hydrogen) atoms. The van der Waals surface area contributed by atoms with E-state index in [2.05, 4.69) is 4.98 Å². The molecule has 0 N–H and O–H groups in total. The number of hydrogen-bond acceptors (Lipinski definition) is 4. The summed E-state index contributed by atoms with van der Waals surface area (Å²) in [6, 6.07) is 7.41. The molecule has 0 saturated carbocycles. The van der Waals surface area contributed by atoms with Crippen LogP contribution in [0.4, 0.5) is 0 Å². The molecule has 0 fully saturated rings. The van der Waals surface area contributed by atoms with Crippen molar-refractivity contribution < 1.29 is 14.3 Å². The number of nitrogens with zero attached hydrogens (tertiary/aromatic N) is 1. The first kappa shape index (κ1) is 23.7. The molecule has 0 spiro atoms. The van der Waals surface area contributed by atoms with Gasteiger partial charge in [0.25, 0.3) is 0 Å². The molecule has 2 atom stereocenters. The molecule has 1 aliphatic carbocycles. The molecular weight excluding hydrogens is 433 g/mol. The Morgan fingerprint density at radius 2 is 1.94 bits per heavy atom. The minimum absolute atomic E-state index is 0.0249. The van der Waals surface area contributed by atoms with E-state index in [1.807, 2.05) is 45.9 Å². The van der Waals surface area contributed by atoms with Crippen LogP contribution in [0.3, 0.4) is 0 Å². The normalized spacial score (nSPS) is 18.4. The van der Waals surface area contributed by atoms with Gasteiger partial charge < -0.3 is 4.74 Å². The second-order valence-corrected chi connectivity index (χ2v) is 10.1. The zero-order chi connectivity index (χ0) is 22.8. The molecule has 6 heteroatoms. The monoisotopic (exact) mass is 461 g/mol. The molecule has 0 bridgehead atoms. The highest BCUT2D eigenvalue weighted by molar-refractivity contribution is 6.35. The second-order valence-electron chi connectivity index (χ2n) is 9.24. The van der Waals surface area contributed by atoms with Crippen LogP contribution in [-0.4, -0.2) is 22.3 Å². The number of halogens is 2. The van der Waals surface area contributed by atoms with Crippen molar-refractivity contribution in [2.75, 3.05) is 0 Å². The summed E-state index contributed by atoms with van der Waals surface area (Å²) in [4.78, 5) is 30.1. The predicted octanol–water partition coefficient (Wildman–Crippen LogP) is 6.59. The maximum absolute atomic E-state index is 13.2. The Morgan fingerprint density at radius 1 is 1.19 bits per heavy atom. The summed E-state index contributed by atoms with van der Waals surface area (Å²) >= 11 is 12.4. The van der Waals surface area contributed by atoms with E-state index < -0.39 is 5.60 Å². The van der Waals surface area contributed by atoms with Crippen molar-refractivity contribution in [3.05, 3.63) is 62.9 Å². The van der Waals surface area contributed by atoms with Crippen LogP contribution in [0.15, 0.2) is 30.5 Å². The Bertz CT molecular complexity index is 958. The Hall–Kier alpha value is -1.91. The maximum Gasteiger partial charge on any atom is 0.306 e. The average Bonchev–Trinajstić information content (AvgIpc) is 2.65. The van der Waals surface area contributed by atoms with Crippen LogP contribution in [0.25, 0.3) is 0 Å². The van der Waals surface area contributed by atoms with Crippen molar-refractivity contribution in [2.45, 2.75) is 77.2 Å². The van der Waals surface area contributed by atoms with E-state index >= 15 is 0 Å². The summed E-state index contributed by atoms with van der Waals surface area (Å²) in [6.45, 7) is 7.54. The van der Waals surface area contributed by atoms with Crippen LogP contribution in [0.2, 0.25) is 10.0 Å². The fourth-order valence-corrected chi connectivity index (χ4v) is 5.00. The SMILES string of the molecule is Cc1cc(Cl)cc(Cl)c1CCC(=O)C1CCC(CC(=O)OC(C)(C)C)c2ncccc21. The number of hydrogen-bond donors (Lipinski definition) is 0. The molecule has 0 saturated heterocycles. The van der Waals surface area contributed by atoms with Gasteiger partial charge in [-0.3, -0.25) is 14.6 Å². The highest BCUT2D eigenvalue weighted by Crippen LogP contribution is 2.41. The van der Waals surface area contributed by atoms with E-state index in [-0.39, 0.29) is 30.0 Å². The molecule has 4 nitrogen and oxygen atoms in total. The molecule has 3 rings (SSSR count). The third kappa shape index (κ3) is 6.08. The Kier molecular flexibility index (Phi) is 7.43. The van der Waals surface area contributed by atoms with Gasteiger partial charge in [0.2, 0.25) is 0 Å². The maximum atomic E-state index is 13.2. The minimum atomic E-state index is -0.516. The third-order valence-electron chi connectivity index (χ3n) is 5.66. The first-order chi connectivity index (χ1) is 14.5. The number of ketones is 1. The number of aromatic nitrogens is 1. The highest BCUT2D eigenvalue weighted by Gasteiger charge is 2.34. The molecule has 1 aromatic heterocycles. The van der Waals surface area contributed by atoms with Gasteiger partial charge in [-0.2, -0.15) is 0 Å². The lowest BCUT2D eigenvalue weighted by atomic mass is 9.75. The van der Waals surface area contributed by atoms with Crippen molar-refractivity contribution in [3.8, 4) is 0 Å². The first-order valence-electron chi connectivity index (χ1n) is 10.7. The van der Waals surface area contributed by atoms with Crippen LogP contribution in [0.5, 0.6) is 0 Å². The summed E-state index contributed by atoms with van der Waals surface area (Å²) in [5.41, 5.74) is 3.22. The predicted molar refractivity (Wildman–Crippen MR) is 124 cm³/mol. The number of fused-ring (bicyclic) bond motifs is 1. The van der Waals surface area contributed by atoms with Gasteiger partial charge in [-0.1, -0.05) is 29.3 Å². The van der Waals surface area contributed by atoms with Crippen LogP contribution in [-0.2, 0) is 20.7 Å². The van der Waals surface area contributed by atoms with E-state index in [0.29, 0.717) is 29.3 Å². The van der Waals surface area contributed by atoms with Gasteiger partial charge in [0, 0.05) is 40.2 Å². The van der Waals surface area contributed by atoms with Gasteiger partial charge in [-0.05, 0) is 81.8 Å². The smallest absolute Gasteiger partial charge is 0.306 e. The second kappa shape index (κ2) is 9.70. The number of aryl methyl sites for hydroxylation is 1. The summed E-state index contributed by atoms with van der Waals surface area (Å²) < 4.78 is 5.49. The number of carbonyl (C=O) groups excluding carboxylic acids is 2. The number of rotatable bonds is 6. The van der Waals surface area contributed by atoms with E-state index in [1.54, 1.807) is 12.3 Å². The number of pyridine rings is 1. The third-order valence-corrected chi connectivity index (χ3v) is 6.22. The Balaban J connectivity index is 1.72. The van der Waals surface area contributed by atoms with Crippen molar-refractivity contribution in [1.29, 1.82) is 0 Å². The summed E-state index contributed by atoms with van der Waals surface area (Å²) in [6.07, 6.45) is 4.43. The van der Waals surface area contributed by atoms with Crippen LogP contribution in [0, 0.1) is 6.92 Å².